The van der Waals surface area contributed by atoms with Crippen LogP contribution in [0.4, 0.5) is 0 Å². The number of hydrogen-bond acceptors (Lipinski definition) is 4. The molecule has 4 rings (SSSR count). The maximum atomic E-state index is 12.0. The van der Waals surface area contributed by atoms with E-state index in [9.17, 15) is 4.79 Å². The first kappa shape index (κ1) is 27.5. The van der Waals surface area contributed by atoms with E-state index in [2.05, 4.69) is 28.1 Å². The highest BCUT2D eigenvalue weighted by molar-refractivity contribution is 6.31. The van der Waals surface area contributed by atoms with Gasteiger partial charge >= 0.3 is 0 Å². The maximum Gasteiger partial charge on any atom is 0.257 e. The number of halogens is 1. The molecule has 1 heterocycles. The van der Waals surface area contributed by atoms with Crippen molar-refractivity contribution < 1.29 is 14.3 Å². The molecule has 1 aromatic heterocycles. The Kier molecular flexibility index (Phi) is 10.5. The smallest absolute Gasteiger partial charge is 0.257 e. The number of imidazole rings is 1. The number of carbonyl (C=O) groups excluding carboxylic acids is 1. The number of nitrogens with zero attached hydrogens (tertiary/aromatic N) is 2. The highest BCUT2D eigenvalue weighted by Crippen LogP contribution is 2.22. The Labute approximate surface area is 229 Å². The summed E-state index contributed by atoms with van der Waals surface area (Å²) in [5, 5.41) is 3.70. The number of unbranched alkanes of at least 4 members (excludes halogenated alkanes) is 3. The number of aromatic nitrogens is 2. The Balaban J connectivity index is 1.17. The number of hydrogen-bond donors (Lipinski definition) is 1. The summed E-state index contributed by atoms with van der Waals surface area (Å²) in [6.45, 7) is 4.26. The van der Waals surface area contributed by atoms with Crippen molar-refractivity contribution in [1.29, 1.82) is 0 Å². The first-order valence-corrected chi connectivity index (χ1v) is 13.8. The van der Waals surface area contributed by atoms with Crippen molar-refractivity contribution in [1.82, 2.24) is 14.9 Å². The van der Waals surface area contributed by atoms with Gasteiger partial charge in [-0.05, 0) is 80.6 Å². The number of amides is 1. The van der Waals surface area contributed by atoms with Crippen LogP contribution in [0.15, 0.2) is 72.8 Å². The molecule has 200 valence electrons. The molecule has 1 N–H and O–H groups in total. The molecule has 0 spiro atoms. The van der Waals surface area contributed by atoms with Crippen LogP contribution in [0, 0.1) is 6.92 Å². The lowest BCUT2D eigenvalue weighted by Crippen LogP contribution is -2.29. The van der Waals surface area contributed by atoms with Gasteiger partial charge in [0.1, 0.15) is 17.3 Å². The zero-order valence-corrected chi connectivity index (χ0v) is 22.8. The molecule has 0 saturated heterocycles. The molecule has 0 fully saturated rings. The quantitative estimate of drug-likeness (QED) is 0.171. The summed E-state index contributed by atoms with van der Waals surface area (Å²) in [6.07, 6.45) is 5.87. The van der Waals surface area contributed by atoms with Crippen molar-refractivity contribution in [3.63, 3.8) is 0 Å². The molecule has 0 aliphatic carbocycles. The van der Waals surface area contributed by atoms with Crippen LogP contribution in [-0.2, 0) is 17.8 Å². The molecule has 0 aliphatic heterocycles. The van der Waals surface area contributed by atoms with Gasteiger partial charge in [0.25, 0.3) is 5.91 Å². The third kappa shape index (κ3) is 8.25. The van der Waals surface area contributed by atoms with E-state index in [-0.39, 0.29) is 12.5 Å². The first-order valence-electron chi connectivity index (χ1n) is 13.4. The summed E-state index contributed by atoms with van der Waals surface area (Å²) < 4.78 is 13.8. The minimum absolute atomic E-state index is 0.0401. The van der Waals surface area contributed by atoms with E-state index in [1.54, 1.807) is 0 Å². The van der Waals surface area contributed by atoms with Crippen LogP contribution in [0.5, 0.6) is 11.5 Å². The van der Waals surface area contributed by atoms with E-state index in [4.69, 9.17) is 26.1 Å². The Morgan fingerprint density at radius 3 is 2.55 bits per heavy atom. The average Bonchev–Trinajstić information content (AvgIpc) is 3.29. The van der Waals surface area contributed by atoms with Gasteiger partial charge < -0.3 is 19.4 Å². The number of benzene rings is 3. The number of para-hydroxylation sites is 3. The zero-order chi connectivity index (χ0) is 26.6. The summed E-state index contributed by atoms with van der Waals surface area (Å²) in [5.74, 6) is 2.60. The van der Waals surface area contributed by atoms with E-state index < -0.39 is 0 Å². The van der Waals surface area contributed by atoms with E-state index in [1.165, 1.54) is 5.52 Å². The molecule has 0 unspecified atom stereocenters. The summed E-state index contributed by atoms with van der Waals surface area (Å²) in [4.78, 5) is 16.9. The van der Waals surface area contributed by atoms with Gasteiger partial charge in [0.2, 0.25) is 0 Å². The second-order valence-electron chi connectivity index (χ2n) is 9.40. The van der Waals surface area contributed by atoms with Gasteiger partial charge in [0.05, 0.1) is 17.6 Å². The van der Waals surface area contributed by atoms with Crippen molar-refractivity contribution in [2.24, 2.45) is 0 Å². The number of rotatable bonds is 15. The molecule has 38 heavy (non-hydrogen) atoms. The van der Waals surface area contributed by atoms with Crippen molar-refractivity contribution in [2.75, 3.05) is 19.8 Å². The Morgan fingerprint density at radius 1 is 0.895 bits per heavy atom. The molecule has 1 amide bonds. The van der Waals surface area contributed by atoms with Crippen LogP contribution in [0.25, 0.3) is 11.0 Å². The number of carbonyl (C=O) groups is 1. The standard InChI is InChI=1S/C31H36ClN3O3/c1-24-22-26(17-18-27(24)32)37-21-11-10-20-35-29-15-8-7-14-28(29)34-30(35)16-6-3-9-19-33-31(36)23-38-25-12-4-2-5-13-25/h2,4-5,7-8,12-15,17-18,22H,3,6,9-11,16,19-21,23H2,1H3,(H,33,36). The Hall–Kier alpha value is -3.51. The third-order valence-corrected chi connectivity index (χ3v) is 6.84. The van der Waals surface area contributed by atoms with Crippen LogP contribution < -0.4 is 14.8 Å². The number of nitrogens with one attached hydrogen (secondary N) is 1. The molecule has 4 aromatic rings. The molecular weight excluding hydrogens is 498 g/mol. The lowest BCUT2D eigenvalue weighted by molar-refractivity contribution is -0.123. The van der Waals surface area contributed by atoms with Gasteiger partial charge in [0.15, 0.2) is 6.61 Å². The van der Waals surface area contributed by atoms with Crippen LogP contribution in [-0.4, -0.2) is 35.2 Å². The Morgan fingerprint density at radius 2 is 1.71 bits per heavy atom. The van der Waals surface area contributed by atoms with E-state index in [1.807, 2.05) is 61.5 Å². The number of aryl methyl sites for hydroxylation is 3. The number of fused-ring (bicyclic) bond motifs is 1. The van der Waals surface area contributed by atoms with Gasteiger partial charge in [-0.1, -0.05) is 48.4 Å². The van der Waals surface area contributed by atoms with E-state index >= 15 is 0 Å². The molecule has 3 aromatic carbocycles. The summed E-state index contributed by atoms with van der Waals surface area (Å²) in [5.41, 5.74) is 3.25. The predicted molar refractivity (Wildman–Crippen MR) is 153 cm³/mol. The summed E-state index contributed by atoms with van der Waals surface area (Å²) in [6, 6.07) is 23.5. The van der Waals surface area contributed by atoms with Crippen molar-refractivity contribution in [2.45, 2.75) is 52.0 Å². The largest absolute Gasteiger partial charge is 0.494 e. The highest BCUT2D eigenvalue weighted by Gasteiger charge is 2.10. The minimum Gasteiger partial charge on any atom is -0.494 e. The SMILES string of the molecule is Cc1cc(OCCCCn2c(CCCCCNC(=O)COc3ccccc3)nc3ccccc32)ccc1Cl. The van der Waals surface area contributed by atoms with Gasteiger partial charge in [-0.15, -0.1) is 0 Å². The summed E-state index contributed by atoms with van der Waals surface area (Å²) in [7, 11) is 0. The highest BCUT2D eigenvalue weighted by atomic mass is 35.5. The van der Waals surface area contributed by atoms with Crippen LogP contribution in [0.2, 0.25) is 5.02 Å². The fourth-order valence-corrected chi connectivity index (χ4v) is 4.48. The molecule has 0 radical (unpaired) electrons. The molecule has 0 atom stereocenters. The van der Waals surface area contributed by atoms with Crippen LogP contribution >= 0.6 is 11.6 Å². The summed E-state index contributed by atoms with van der Waals surface area (Å²) >= 11 is 6.10. The molecule has 0 saturated carbocycles. The molecular formula is C31H36ClN3O3. The second-order valence-corrected chi connectivity index (χ2v) is 9.80. The van der Waals surface area contributed by atoms with Gasteiger partial charge in [-0.3, -0.25) is 4.79 Å². The normalized spacial score (nSPS) is 11.0. The molecule has 7 heteroatoms. The predicted octanol–water partition coefficient (Wildman–Crippen LogP) is 6.77. The maximum absolute atomic E-state index is 12.0. The second kappa shape index (κ2) is 14.4. The molecule has 0 bridgehead atoms. The zero-order valence-electron chi connectivity index (χ0n) is 22.0. The van der Waals surface area contributed by atoms with Gasteiger partial charge in [-0.2, -0.15) is 0 Å². The first-order chi connectivity index (χ1) is 18.6. The van der Waals surface area contributed by atoms with Crippen molar-refractivity contribution >= 4 is 28.5 Å². The molecule has 0 aliphatic rings. The van der Waals surface area contributed by atoms with E-state index in [0.29, 0.717) is 18.9 Å². The van der Waals surface area contributed by atoms with Crippen LogP contribution in [0.1, 0.15) is 43.5 Å². The fraction of sp³-hybridized carbons (Fsp3) is 0.355. The van der Waals surface area contributed by atoms with E-state index in [0.717, 1.165) is 72.7 Å². The van der Waals surface area contributed by atoms with Gasteiger partial charge in [-0.25, -0.2) is 4.98 Å². The lowest BCUT2D eigenvalue weighted by Gasteiger charge is -2.11. The lowest BCUT2D eigenvalue weighted by atomic mass is 10.2. The third-order valence-electron chi connectivity index (χ3n) is 6.42. The van der Waals surface area contributed by atoms with Gasteiger partial charge in [0, 0.05) is 24.5 Å². The monoisotopic (exact) mass is 533 g/mol. The topological polar surface area (TPSA) is 65.4 Å². The van der Waals surface area contributed by atoms with Crippen LogP contribution in [0.3, 0.4) is 0 Å². The molecule has 6 nitrogen and oxygen atoms in total. The fourth-order valence-electron chi connectivity index (χ4n) is 4.36. The average molecular weight is 534 g/mol. The number of ether oxygens (including phenoxy) is 2. The minimum atomic E-state index is -0.0918. The van der Waals surface area contributed by atoms with Crippen molar-refractivity contribution in [3.8, 4) is 11.5 Å². The Bertz CT molecular complexity index is 1310. The van der Waals surface area contributed by atoms with Crippen molar-refractivity contribution in [3.05, 3.63) is 89.2 Å².